The van der Waals surface area contributed by atoms with Crippen molar-refractivity contribution in [3.05, 3.63) is 119 Å². The number of benzene rings is 3. The number of rotatable bonds is 8. The summed E-state index contributed by atoms with van der Waals surface area (Å²) in [4.78, 5) is 4.78. The van der Waals surface area contributed by atoms with Crippen molar-refractivity contribution in [1.82, 2.24) is 19.3 Å². The van der Waals surface area contributed by atoms with Crippen molar-refractivity contribution in [3.63, 3.8) is 0 Å². The van der Waals surface area contributed by atoms with Crippen molar-refractivity contribution in [2.45, 2.75) is 92.9 Å². The van der Waals surface area contributed by atoms with Crippen LogP contribution in [0.2, 0.25) is 0 Å². The summed E-state index contributed by atoms with van der Waals surface area (Å²) in [6.45, 7) is 20.4. The normalized spacial score (nSPS) is 17.8. The summed E-state index contributed by atoms with van der Waals surface area (Å²) in [6, 6.07) is 28.5. The molecule has 1 aliphatic carbocycles. The van der Waals surface area contributed by atoms with Crippen LogP contribution in [0, 0.1) is 30.9 Å². The molecule has 0 fully saturated rings. The molecule has 3 aromatic carbocycles. The van der Waals surface area contributed by atoms with Crippen LogP contribution < -0.4 is 4.74 Å². The molecule has 0 radical (unpaired) electrons. The molecule has 50 heavy (non-hydrogen) atoms. The summed E-state index contributed by atoms with van der Waals surface area (Å²) in [5.41, 5.74) is 10.6. The molecule has 1 unspecified atom stereocenters. The molecular weight excluding hydrogens is 796 g/mol. The van der Waals surface area contributed by atoms with Gasteiger partial charge in [0.05, 0.1) is 5.69 Å². The predicted molar refractivity (Wildman–Crippen MR) is 202 cm³/mol. The van der Waals surface area contributed by atoms with Crippen LogP contribution in [0.1, 0.15) is 108 Å². The van der Waals surface area contributed by atoms with Gasteiger partial charge in [-0.25, -0.2) is 4.98 Å². The molecule has 7 rings (SSSR count). The monoisotopic (exact) mass is 843 g/mol. The molecule has 3 heterocycles. The summed E-state index contributed by atoms with van der Waals surface area (Å²) in [5.74, 6) is 4.29. The van der Waals surface area contributed by atoms with Gasteiger partial charge in [0.2, 0.25) is 0 Å². The van der Waals surface area contributed by atoms with E-state index in [1.54, 1.807) is 0 Å². The van der Waals surface area contributed by atoms with Crippen LogP contribution in [-0.2, 0) is 27.5 Å². The van der Waals surface area contributed by atoms with E-state index in [2.05, 4.69) is 144 Å². The van der Waals surface area contributed by atoms with Crippen LogP contribution in [0.15, 0.2) is 78.5 Å². The molecule has 3 aromatic heterocycles. The van der Waals surface area contributed by atoms with Gasteiger partial charge in [-0.3, -0.25) is 4.68 Å². The van der Waals surface area contributed by atoms with Crippen molar-refractivity contribution in [1.29, 1.82) is 0 Å². The molecule has 0 bridgehead atoms. The standard InChI is InChI=1S/C44H48N4O.Pt/c1-10-32-17-18-45-41(21-32)47-39-14-12-11-13-37(39)38-16-15-35(25-40(38)47)49-36-23-33(26(2)3)22-34(24-36)48-44(27(4)5)43(31(9)46-48)42-29(7)19-28(6)20-30(42)8;/h11-19,21-23,26-28,30,42H,10,20H2,1-9H3;/q-2;+2/t28-,30-,42?;/m0./s1. The van der Waals surface area contributed by atoms with Gasteiger partial charge in [-0.15, -0.1) is 41.3 Å². The molecule has 0 aliphatic heterocycles. The first-order chi connectivity index (χ1) is 23.5. The smallest absolute Gasteiger partial charge is 0.509 e. The summed E-state index contributed by atoms with van der Waals surface area (Å²) >= 11 is 0. The van der Waals surface area contributed by atoms with E-state index in [4.69, 9.17) is 14.8 Å². The zero-order valence-corrected chi connectivity index (χ0v) is 33.0. The number of nitrogens with zero attached hydrogens (tertiary/aromatic N) is 4. The van der Waals surface area contributed by atoms with Gasteiger partial charge in [-0.1, -0.05) is 83.8 Å². The Labute approximate surface area is 312 Å². The topological polar surface area (TPSA) is 44.9 Å². The Hall–Kier alpha value is -3.95. The summed E-state index contributed by atoms with van der Waals surface area (Å²) < 4.78 is 11.0. The van der Waals surface area contributed by atoms with Gasteiger partial charge in [0.1, 0.15) is 5.82 Å². The fourth-order valence-corrected chi connectivity index (χ4v) is 8.13. The number of aromatic nitrogens is 4. The van der Waals surface area contributed by atoms with Crippen molar-refractivity contribution in [3.8, 4) is 23.0 Å². The van der Waals surface area contributed by atoms with Crippen LogP contribution in [0.25, 0.3) is 33.3 Å². The second-order valence-corrected chi connectivity index (χ2v) is 14.8. The third-order valence-electron chi connectivity index (χ3n) is 10.3. The summed E-state index contributed by atoms with van der Waals surface area (Å²) in [6.07, 6.45) is 6.49. The molecule has 5 nitrogen and oxygen atoms in total. The van der Waals surface area contributed by atoms with Crippen molar-refractivity contribution in [2.75, 3.05) is 0 Å². The van der Waals surface area contributed by atoms with E-state index in [0.717, 1.165) is 45.4 Å². The third-order valence-corrected chi connectivity index (χ3v) is 10.3. The third kappa shape index (κ3) is 6.50. The number of pyridine rings is 1. The first kappa shape index (κ1) is 35.9. The Balaban J connectivity index is 0.00000432. The van der Waals surface area contributed by atoms with Crippen molar-refractivity contribution >= 4 is 21.8 Å². The number of fused-ring (bicyclic) bond motifs is 3. The summed E-state index contributed by atoms with van der Waals surface area (Å²) in [7, 11) is 0. The zero-order valence-electron chi connectivity index (χ0n) is 30.7. The minimum Gasteiger partial charge on any atom is -0.509 e. The number of hydrogen-bond acceptors (Lipinski definition) is 3. The van der Waals surface area contributed by atoms with E-state index >= 15 is 0 Å². The average Bonchev–Trinajstić information content (AvgIpc) is 3.58. The minimum absolute atomic E-state index is 0. The second-order valence-electron chi connectivity index (χ2n) is 14.8. The van der Waals surface area contributed by atoms with E-state index in [1.165, 1.54) is 34.4 Å². The van der Waals surface area contributed by atoms with Crippen LogP contribution in [0.4, 0.5) is 0 Å². The van der Waals surface area contributed by atoms with Gasteiger partial charge in [-0.2, -0.15) is 11.2 Å². The quantitative estimate of drug-likeness (QED) is 0.113. The van der Waals surface area contributed by atoms with Gasteiger partial charge in [0.15, 0.2) is 0 Å². The Morgan fingerprint density at radius 3 is 2.40 bits per heavy atom. The van der Waals surface area contributed by atoms with Crippen LogP contribution in [0.3, 0.4) is 0 Å². The number of aryl methyl sites for hydroxylation is 2. The first-order valence-corrected chi connectivity index (χ1v) is 18.0. The van der Waals surface area contributed by atoms with E-state index in [9.17, 15) is 0 Å². The van der Waals surface area contributed by atoms with Gasteiger partial charge in [0.25, 0.3) is 0 Å². The molecule has 6 heteroatoms. The Morgan fingerprint density at radius 1 is 0.900 bits per heavy atom. The average molecular weight is 844 g/mol. The maximum atomic E-state index is 6.68. The second kappa shape index (κ2) is 14.3. The van der Waals surface area contributed by atoms with E-state index in [1.807, 2.05) is 12.3 Å². The number of allylic oxidation sites excluding steroid dienone is 2. The largest absolute Gasteiger partial charge is 2.00 e. The number of hydrogen-bond donors (Lipinski definition) is 0. The van der Waals surface area contributed by atoms with Gasteiger partial charge < -0.3 is 9.30 Å². The molecule has 3 atom stereocenters. The molecular formula is C44H48N4OPt. The molecule has 0 spiro atoms. The predicted octanol–water partition coefficient (Wildman–Crippen LogP) is 11.6. The molecule has 0 N–H and O–H groups in total. The van der Waals surface area contributed by atoms with Crippen LogP contribution in [-0.4, -0.2) is 19.3 Å². The summed E-state index contributed by atoms with van der Waals surface area (Å²) in [5, 5.41) is 7.50. The minimum atomic E-state index is 0. The molecule has 0 saturated heterocycles. The molecule has 260 valence electrons. The van der Waals surface area contributed by atoms with Gasteiger partial charge >= 0.3 is 21.1 Å². The zero-order chi connectivity index (χ0) is 34.6. The van der Waals surface area contributed by atoms with E-state index in [-0.39, 0.29) is 27.0 Å². The maximum absolute atomic E-state index is 6.68. The van der Waals surface area contributed by atoms with Gasteiger partial charge in [-0.05, 0) is 85.2 Å². The molecule has 0 amide bonds. The number of ether oxygens (including phenoxy) is 1. The first-order valence-electron chi connectivity index (χ1n) is 18.0. The van der Waals surface area contributed by atoms with Crippen molar-refractivity contribution in [2.24, 2.45) is 11.8 Å². The van der Waals surface area contributed by atoms with Crippen LogP contribution >= 0.6 is 0 Å². The van der Waals surface area contributed by atoms with Crippen LogP contribution in [0.5, 0.6) is 11.5 Å². The molecule has 6 aromatic rings. The SMILES string of the molecule is CCc1ccnc(-n2c3[c-]c(Oc4[c-]c(-n5nc(C)c(C6C(C)=C[C@H](C)C[C@@H]6C)c5C(C)C)cc(C(C)C)c4)ccc3c3ccccc32)c1.[Pt+2]. The Bertz CT molecular complexity index is 2200. The Kier molecular flexibility index (Phi) is 10.3. The maximum Gasteiger partial charge on any atom is 2.00 e. The molecule has 0 saturated carbocycles. The Morgan fingerprint density at radius 2 is 1.68 bits per heavy atom. The van der Waals surface area contributed by atoms with E-state index in [0.29, 0.717) is 35.2 Å². The fourth-order valence-electron chi connectivity index (χ4n) is 8.13. The van der Waals surface area contributed by atoms with Crippen molar-refractivity contribution < 1.29 is 25.8 Å². The van der Waals surface area contributed by atoms with Gasteiger partial charge in [0, 0.05) is 40.4 Å². The van der Waals surface area contributed by atoms with E-state index < -0.39 is 0 Å². The number of para-hydroxylation sites is 1. The molecule has 1 aliphatic rings. The fraction of sp³-hybridized carbons (Fsp3) is 0.364.